The average Bonchev–Trinajstić information content (AvgIpc) is 3.20. The van der Waals surface area contributed by atoms with Crippen molar-refractivity contribution < 1.29 is 19.1 Å². The highest BCUT2D eigenvalue weighted by atomic mass is 32.2. The number of aliphatic imine (C=N–C) groups is 1. The molecule has 2 aliphatic heterocycles. The second kappa shape index (κ2) is 10.4. The molecular weight excluding hydrogens is 462 g/mol. The zero-order valence-corrected chi connectivity index (χ0v) is 21.4. The normalized spacial score (nSPS) is 16.9. The molecule has 0 saturated heterocycles. The highest BCUT2D eigenvalue weighted by Gasteiger charge is 2.41. The number of allylic oxidation sites excluding steroid dienone is 1. The Morgan fingerprint density at radius 2 is 1.94 bits per heavy atom. The lowest BCUT2D eigenvalue weighted by atomic mass is 9.90. The fourth-order valence-corrected chi connectivity index (χ4v) is 5.30. The van der Waals surface area contributed by atoms with E-state index >= 15 is 0 Å². The third-order valence-corrected chi connectivity index (χ3v) is 6.80. The van der Waals surface area contributed by atoms with Gasteiger partial charge in [-0.15, -0.1) is 0 Å². The van der Waals surface area contributed by atoms with Crippen molar-refractivity contribution in [3.05, 3.63) is 81.5 Å². The molecule has 8 heteroatoms. The Balaban J connectivity index is 1.68. The summed E-state index contributed by atoms with van der Waals surface area (Å²) in [5.74, 6) is 0.100. The first-order chi connectivity index (χ1) is 16.8. The molecule has 2 heterocycles. The quantitative estimate of drug-likeness (QED) is 0.517. The van der Waals surface area contributed by atoms with Crippen LogP contribution in [0.25, 0.3) is 0 Å². The van der Waals surface area contributed by atoms with Crippen LogP contribution in [0.5, 0.6) is 5.75 Å². The number of anilines is 1. The van der Waals surface area contributed by atoms with Crippen molar-refractivity contribution in [2.75, 3.05) is 19.0 Å². The molecular formula is C27H29N3O4S. The second-order valence-corrected chi connectivity index (χ2v) is 9.27. The Morgan fingerprint density at radius 1 is 1.14 bits per heavy atom. The number of hydrogen-bond donors (Lipinski definition) is 1. The number of methoxy groups -OCH3 is 1. The number of thioether (sulfide) groups is 1. The summed E-state index contributed by atoms with van der Waals surface area (Å²) in [5, 5.41) is 5.61. The van der Waals surface area contributed by atoms with E-state index < -0.39 is 12.0 Å². The van der Waals surface area contributed by atoms with Crippen LogP contribution in [0.2, 0.25) is 0 Å². The van der Waals surface area contributed by atoms with Gasteiger partial charge in [-0.1, -0.05) is 41.6 Å². The number of hydrogen-bond acceptors (Lipinski definition) is 7. The maximum atomic E-state index is 13.1. The first-order valence-corrected chi connectivity index (χ1v) is 12.3. The molecule has 2 aromatic rings. The Morgan fingerprint density at radius 3 is 2.66 bits per heavy atom. The van der Waals surface area contributed by atoms with Crippen LogP contribution in [-0.2, 0) is 14.3 Å². The molecule has 35 heavy (non-hydrogen) atoms. The molecule has 2 aromatic carbocycles. The summed E-state index contributed by atoms with van der Waals surface area (Å²) in [6.45, 7) is 7.97. The van der Waals surface area contributed by atoms with E-state index in [9.17, 15) is 9.59 Å². The van der Waals surface area contributed by atoms with Gasteiger partial charge in [-0.2, -0.15) is 0 Å². The molecule has 0 spiro atoms. The van der Waals surface area contributed by atoms with Crippen LogP contribution in [0.3, 0.4) is 0 Å². The molecule has 0 radical (unpaired) electrons. The van der Waals surface area contributed by atoms with Gasteiger partial charge in [-0.05, 0) is 56.4 Å². The van der Waals surface area contributed by atoms with Crippen LogP contribution < -0.4 is 10.1 Å². The summed E-state index contributed by atoms with van der Waals surface area (Å²) in [5.41, 5.74) is 5.72. The minimum atomic E-state index is -0.437. The lowest BCUT2D eigenvalue weighted by Crippen LogP contribution is -2.37. The lowest BCUT2D eigenvalue weighted by molar-refractivity contribution is -0.139. The Hall–Kier alpha value is -3.52. The molecule has 0 unspecified atom stereocenters. The van der Waals surface area contributed by atoms with Crippen LogP contribution in [0, 0.1) is 13.8 Å². The van der Waals surface area contributed by atoms with E-state index in [2.05, 4.69) is 11.4 Å². The monoisotopic (exact) mass is 491 g/mol. The molecule has 0 bridgehead atoms. The van der Waals surface area contributed by atoms with Crippen molar-refractivity contribution in [1.82, 2.24) is 4.90 Å². The van der Waals surface area contributed by atoms with E-state index in [1.807, 2.05) is 61.4 Å². The fraction of sp³-hybridized carbons (Fsp3) is 0.296. The number of rotatable bonds is 7. The molecule has 1 atom stereocenters. The maximum Gasteiger partial charge on any atom is 0.338 e. The SMILES string of the molecule is CCOC(=O)C1=C(C)N=C2SC=C(CC(=O)Nc3cccc(OC)c3)N2[C@H]1c1ccc(C)cc1C. The van der Waals surface area contributed by atoms with Crippen LogP contribution >= 0.6 is 11.8 Å². The highest BCUT2D eigenvalue weighted by Crippen LogP contribution is 2.45. The zero-order valence-electron chi connectivity index (χ0n) is 20.5. The number of carbonyl (C=O) groups excluding carboxylic acids is 2. The molecule has 0 fully saturated rings. The molecule has 0 aliphatic carbocycles. The number of nitrogens with one attached hydrogen (secondary N) is 1. The van der Waals surface area contributed by atoms with Crippen LogP contribution in [0.15, 0.2) is 69.8 Å². The number of nitrogens with zero attached hydrogens (tertiary/aromatic N) is 2. The first kappa shape index (κ1) is 24.6. The summed E-state index contributed by atoms with van der Waals surface area (Å²) >= 11 is 1.45. The van der Waals surface area contributed by atoms with Gasteiger partial charge < -0.3 is 19.7 Å². The van der Waals surface area contributed by atoms with Gasteiger partial charge in [0.25, 0.3) is 0 Å². The van der Waals surface area contributed by atoms with E-state index in [4.69, 9.17) is 14.5 Å². The maximum absolute atomic E-state index is 13.1. The van der Waals surface area contributed by atoms with Crippen molar-refractivity contribution >= 4 is 34.5 Å². The van der Waals surface area contributed by atoms with Gasteiger partial charge in [0, 0.05) is 17.5 Å². The minimum absolute atomic E-state index is 0.125. The summed E-state index contributed by atoms with van der Waals surface area (Å²) in [7, 11) is 1.59. The number of carbonyl (C=O) groups is 2. The smallest absolute Gasteiger partial charge is 0.338 e. The van der Waals surface area contributed by atoms with Gasteiger partial charge >= 0.3 is 5.97 Å². The standard InChI is InChI=1S/C27H29N3O4S/c1-6-34-26(32)24-18(4)28-27-30(25(24)22-11-10-16(2)12-17(22)3)20(15-35-27)14-23(31)29-19-8-7-9-21(13-19)33-5/h7-13,15,25H,6,14H2,1-5H3,(H,29,31)/t25-/m0/s1. The number of amidine groups is 1. The molecule has 2 aliphatic rings. The van der Waals surface area contributed by atoms with Crippen molar-refractivity contribution in [2.45, 2.75) is 40.2 Å². The van der Waals surface area contributed by atoms with Gasteiger partial charge in [-0.25, -0.2) is 9.79 Å². The van der Waals surface area contributed by atoms with Gasteiger partial charge in [0.05, 0.1) is 37.4 Å². The van der Waals surface area contributed by atoms with E-state index in [1.165, 1.54) is 11.8 Å². The number of ether oxygens (including phenoxy) is 2. The lowest BCUT2D eigenvalue weighted by Gasteiger charge is -2.37. The Labute approximate surface area is 209 Å². The van der Waals surface area contributed by atoms with Crippen LogP contribution in [-0.4, -0.2) is 35.7 Å². The number of fused-ring (bicyclic) bond motifs is 1. The largest absolute Gasteiger partial charge is 0.497 e. The Kier molecular flexibility index (Phi) is 7.31. The van der Waals surface area contributed by atoms with Gasteiger partial charge in [0.15, 0.2) is 5.17 Å². The third-order valence-electron chi connectivity index (χ3n) is 5.91. The predicted octanol–water partition coefficient (Wildman–Crippen LogP) is 5.48. The third kappa shape index (κ3) is 5.12. The molecule has 4 rings (SSSR count). The van der Waals surface area contributed by atoms with Crippen molar-refractivity contribution in [3.8, 4) is 5.75 Å². The first-order valence-electron chi connectivity index (χ1n) is 11.4. The molecule has 1 N–H and O–H groups in total. The number of benzene rings is 2. The molecule has 1 amide bonds. The average molecular weight is 492 g/mol. The summed E-state index contributed by atoms with van der Waals surface area (Å²) in [4.78, 5) is 32.8. The van der Waals surface area contributed by atoms with Crippen molar-refractivity contribution in [3.63, 3.8) is 0 Å². The van der Waals surface area contributed by atoms with Crippen molar-refractivity contribution in [1.29, 1.82) is 0 Å². The number of esters is 1. The fourth-order valence-electron chi connectivity index (χ4n) is 4.34. The van der Waals surface area contributed by atoms with Crippen LogP contribution in [0.4, 0.5) is 5.69 Å². The zero-order chi connectivity index (χ0) is 25.1. The topological polar surface area (TPSA) is 80.2 Å². The summed E-state index contributed by atoms with van der Waals surface area (Å²) in [6.07, 6.45) is 0.125. The number of amides is 1. The molecule has 0 aromatic heterocycles. The highest BCUT2D eigenvalue weighted by molar-refractivity contribution is 8.16. The molecule has 182 valence electrons. The van der Waals surface area contributed by atoms with E-state index in [0.29, 0.717) is 22.7 Å². The Bertz CT molecular complexity index is 1260. The predicted molar refractivity (Wildman–Crippen MR) is 139 cm³/mol. The summed E-state index contributed by atoms with van der Waals surface area (Å²) in [6, 6.07) is 13.0. The molecule has 0 saturated carbocycles. The van der Waals surface area contributed by atoms with Gasteiger partial charge in [0.2, 0.25) is 5.91 Å². The van der Waals surface area contributed by atoms with Gasteiger partial charge in [0.1, 0.15) is 5.75 Å². The van der Waals surface area contributed by atoms with Crippen LogP contribution in [0.1, 0.15) is 43.0 Å². The minimum Gasteiger partial charge on any atom is -0.497 e. The van der Waals surface area contributed by atoms with E-state index in [-0.39, 0.29) is 18.9 Å². The van der Waals surface area contributed by atoms with E-state index in [1.54, 1.807) is 20.1 Å². The van der Waals surface area contributed by atoms with Gasteiger partial charge in [-0.3, -0.25) is 4.79 Å². The summed E-state index contributed by atoms with van der Waals surface area (Å²) < 4.78 is 10.7. The second-order valence-electron chi connectivity index (χ2n) is 8.43. The van der Waals surface area contributed by atoms with E-state index in [0.717, 1.165) is 27.6 Å². The number of aryl methyl sites for hydroxylation is 2. The van der Waals surface area contributed by atoms with Crippen molar-refractivity contribution in [2.24, 2.45) is 4.99 Å². The molecule has 7 nitrogen and oxygen atoms in total.